The number of benzene rings is 1. The molecule has 0 spiro atoms. The average molecular weight is 481 g/mol. The second-order valence-electron chi connectivity index (χ2n) is 3.69. The molecule has 5 heteroatoms. The summed E-state index contributed by atoms with van der Waals surface area (Å²) >= 11 is 8.92. The predicted octanol–water partition coefficient (Wildman–Crippen LogP) is 4.64. The zero-order valence-corrected chi connectivity index (χ0v) is 14.5. The van der Waals surface area contributed by atoms with Crippen molar-refractivity contribution in [3.05, 3.63) is 60.3 Å². The van der Waals surface area contributed by atoms with Crippen LogP contribution in [0.15, 0.2) is 45.5 Å². The van der Waals surface area contributed by atoms with E-state index in [1.807, 2.05) is 30.3 Å². The van der Waals surface area contributed by atoms with Gasteiger partial charge in [0, 0.05) is 30.0 Å². The van der Waals surface area contributed by atoms with E-state index in [1.165, 1.54) is 0 Å². The molecule has 0 bridgehead atoms. The van der Waals surface area contributed by atoms with Crippen LogP contribution in [0.5, 0.6) is 0 Å². The van der Waals surface area contributed by atoms with Crippen molar-refractivity contribution < 1.29 is 4.79 Å². The van der Waals surface area contributed by atoms with Gasteiger partial charge in [-0.2, -0.15) is 0 Å². The van der Waals surface area contributed by atoms with E-state index in [0.29, 0.717) is 12.0 Å². The SMILES string of the molecule is O=C(Cc1ccc(Br)cn1)c1cc(I)ccc1Br. The Morgan fingerprint density at radius 2 is 2.00 bits per heavy atom. The second-order valence-corrected chi connectivity index (χ2v) is 6.71. The zero-order chi connectivity index (χ0) is 13.1. The third-order valence-electron chi connectivity index (χ3n) is 2.36. The Bertz CT molecular complexity index is 584. The lowest BCUT2D eigenvalue weighted by Crippen LogP contribution is -2.06. The van der Waals surface area contributed by atoms with Gasteiger partial charge in [-0.25, -0.2) is 0 Å². The van der Waals surface area contributed by atoms with Crippen LogP contribution in [-0.4, -0.2) is 10.8 Å². The molecule has 18 heavy (non-hydrogen) atoms. The van der Waals surface area contributed by atoms with Crippen molar-refractivity contribution in [3.8, 4) is 0 Å². The molecule has 1 aromatic carbocycles. The maximum Gasteiger partial charge on any atom is 0.169 e. The summed E-state index contributed by atoms with van der Waals surface area (Å²) in [5, 5.41) is 0. The number of aromatic nitrogens is 1. The highest BCUT2D eigenvalue weighted by Gasteiger charge is 2.12. The van der Waals surface area contributed by atoms with Crippen LogP contribution in [0.25, 0.3) is 0 Å². The summed E-state index contributed by atoms with van der Waals surface area (Å²) in [7, 11) is 0. The minimum atomic E-state index is 0.0650. The van der Waals surface area contributed by atoms with Crippen LogP contribution < -0.4 is 0 Å². The van der Waals surface area contributed by atoms with Gasteiger partial charge >= 0.3 is 0 Å². The lowest BCUT2D eigenvalue weighted by Gasteiger charge is -2.04. The maximum absolute atomic E-state index is 12.2. The van der Waals surface area contributed by atoms with Crippen LogP contribution in [0.1, 0.15) is 16.1 Å². The summed E-state index contributed by atoms with van der Waals surface area (Å²) in [5.41, 5.74) is 1.47. The monoisotopic (exact) mass is 479 g/mol. The summed E-state index contributed by atoms with van der Waals surface area (Å²) in [4.78, 5) is 16.4. The number of rotatable bonds is 3. The van der Waals surface area contributed by atoms with Crippen LogP contribution in [0.3, 0.4) is 0 Å². The van der Waals surface area contributed by atoms with E-state index in [1.54, 1.807) is 6.20 Å². The van der Waals surface area contributed by atoms with Crippen LogP contribution in [0.4, 0.5) is 0 Å². The quantitative estimate of drug-likeness (QED) is 0.473. The molecule has 2 rings (SSSR count). The number of halogens is 3. The lowest BCUT2D eigenvalue weighted by molar-refractivity contribution is 0.0991. The summed E-state index contributed by atoms with van der Waals surface area (Å²) in [6, 6.07) is 9.47. The number of Topliss-reactive ketones (excluding diaryl/α,β-unsaturated/α-hetero) is 1. The van der Waals surface area contributed by atoms with Crippen molar-refractivity contribution in [2.24, 2.45) is 0 Å². The molecule has 2 nitrogen and oxygen atoms in total. The van der Waals surface area contributed by atoms with Gasteiger partial charge in [-0.05, 0) is 68.9 Å². The maximum atomic E-state index is 12.2. The Morgan fingerprint density at radius 1 is 1.22 bits per heavy atom. The fourth-order valence-corrected chi connectivity index (χ4v) is 2.68. The van der Waals surface area contributed by atoms with Gasteiger partial charge < -0.3 is 0 Å². The molecule has 0 unspecified atom stereocenters. The topological polar surface area (TPSA) is 30.0 Å². The molecule has 1 aromatic heterocycles. The molecule has 92 valence electrons. The van der Waals surface area contributed by atoms with Crippen LogP contribution >= 0.6 is 54.5 Å². The second kappa shape index (κ2) is 6.25. The molecule has 0 saturated heterocycles. The van der Waals surface area contributed by atoms with Gasteiger partial charge in [0.2, 0.25) is 0 Å². The van der Waals surface area contributed by atoms with Crippen molar-refractivity contribution in [2.45, 2.75) is 6.42 Å². The summed E-state index contributed by atoms with van der Waals surface area (Å²) < 4.78 is 2.78. The Kier molecular flexibility index (Phi) is 4.91. The number of carbonyl (C=O) groups is 1. The van der Waals surface area contributed by atoms with E-state index in [9.17, 15) is 4.79 Å². The van der Waals surface area contributed by atoms with Gasteiger partial charge in [0.25, 0.3) is 0 Å². The summed E-state index contributed by atoms with van der Waals surface area (Å²) in [6.45, 7) is 0. The first-order valence-corrected chi connectivity index (χ1v) is 7.81. The standard InChI is InChI=1S/C13H8Br2INO/c14-8-1-3-10(17-7-8)6-13(18)11-5-9(16)2-4-12(11)15/h1-5,7H,6H2. The number of ketones is 1. The van der Waals surface area contributed by atoms with Crippen molar-refractivity contribution in [1.82, 2.24) is 4.98 Å². The molecule has 0 fully saturated rings. The minimum Gasteiger partial charge on any atom is -0.294 e. The molecule has 0 aliphatic carbocycles. The largest absolute Gasteiger partial charge is 0.294 e. The van der Waals surface area contributed by atoms with Gasteiger partial charge in [0.05, 0.1) is 6.42 Å². The lowest BCUT2D eigenvalue weighted by atomic mass is 10.1. The Labute approximate surface area is 136 Å². The van der Waals surface area contributed by atoms with Crippen molar-refractivity contribution in [1.29, 1.82) is 0 Å². The number of hydrogen-bond acceptors (Lipinski definition) is 2. The number of carbonyl (C=O) groups excluding carboxylic acids is 1. The molecule has 0 radical (unpaired) electrons. The Balaban J connectivity index is 2.21. The number of hydrogen-bond donors (Lipinski definition) is 0. The molecule has 0 aliphatic rings. The molecular weight excluding hydrogens is 473 g/mol. The molecule has 1 heterocycles. The molecule has 0 saturated carbocycles. The van der Waals surface area contributed by atoms with E-state index in [0.717, 1.165) is 18.2 Å². The summed E-state index contributed by atoms with van der Waals surface area (Å²) in [6.07, 6.45) is 2.01. The third-order valence-corrected chi connectivity index (χ3v) is 4.19. The van der Waals surface area contributed by atoms with Gasteiger partial charge in [-0.1, -0.05) is 15.9 Å². The highest BCUT2D eigenvalue weighted by Crippen LogP contribution is 2.21. The molecule has 0 N–H and O–H groups in total. The highest BCUT2D eigenvalue weighted by atomic mass is 127. The van der Waals surface area contributed by atoms with Gasteiger partial charge in [0.1, 0.15) is 0 Å². The van der Waals surface area contributed by atoms with E-state index in [2.05, 4.69) is 59.4 Å². The summed E-state index contributed by atoms with van der Waals surface area (Å²) in [5.74, 6) is 0.0650. The highest BCUT2D eigenvalue weighted by molar-refractivity contribution is 14.1. The fourth-order valence-electron chi connectivity index (χ4n) is 1.48. The van der Waals surface area contributed by atoms with Gasteiger partial charge in [0.15, 0.2) is 5.78 Å². The molecule has 2 aromatic rings. The first kappa shape index (κ1) is 14.1. The minimum absolute atomic E-state index is 0.0650. The number of nitrogens with zero attached hydrogens (tertiary/aromatic N) is 1. The predicted molar refractivity (Wildman–Crippen MR) is 86.8 cm³/mol. The molecule has 0 amide bonds. The normalized spacial score (nSPS) is 10.4. The van der Waals surface area contributed by atoms with Crippen LogP contribution in [0, 0.1) is 3.57 Å². The van der Waals surface area contributed by atoms with Crippen LogP contribution in [0.2, 0.25) is 0 Å². The molecule has 0 atom stereocenters. The van der Waals surface area contributed by atoms with E-state index in [-0.39, 0.29) is 5.78 Å². The van der Waals surface area contributed by atoms with Crippen molar-refractivity contribution >= 4 is 60.2 Å². The Morgan fingerprint density at radius 3 is 2.67 bits per heavy atom. The van der Waals surface area contributed by atoms with Crippen molar-refractivity contribution in [2.75, 3.05) is 0 Å². The fraction of sp³-hybridized carbons (Fsp3) is 0.0769. The zero-order valence-electron chi connectivity index (χ0n) is 9.16. The Hall–Kier alpha value is -0.270. The van der Waals surface area contributed by atoms with E-state index in [4.69, 9.17) is 0 Å². The van der Waals surface area contributed by atoms with Gasteiger partial charge in [-0.3, -0.25) is 9.78 Å². The van der Waals surface area contributed by atoms with Crippen molar-refractivity contribution in [3.63, 3.8) is 0 Å². The molecular formula is C13H8Br2INO. The number of pyridine rings is 1. The average Bonchev–Trinajstić information content (AvgIpc) is 2.35. The van der Waals surface area contributed by atoms with E-state index < -0.39 is 0 Å². The molecule has 0 aliphatic heterocycles. The first-order valence-electron chi connectivity index (χ1n) is 5.15. The van der Waals surface area contributed by atoms with Gasteiger partial charge in [-0.15, -0.1) is 0 Å². The van der Waals surface area contributed by atoms with E-state index >= 15 is 0 Å². The smallest absolute Gasteiger partial charge is 0.169 e. The first-order chi connectivity index (χ1) is 8.56. The van der Waals surface area contributed by atoms with Crippen LogP contribution in [-0.2, 0) is 6.42 Å². The third kappa shape index (κ3) is 3.61.